The van der Waals surface area contributed by atoms with E-state index in [0.29, 0.717) is 19.1 Å². The molecule has 1 rings (SSSR count). The van der Waals surface area contributed by atoms with Crippen LogP contribution in [0.15, 0.2) is 0 Å². The second-order valence-electron chi connectivity index (χ2n) is 4.46. The lowest BCUT2D eigenvalue weighted by Gasteiger charge is -2.30. The fourth-order valence-corrected chi connectivity index (χ4v) is 2.15. The normalized spacial score (nSPS) is 16.9. The lowest BCUT2D eigenvalue weighted by molar-refractivity contribution is -0.144. The first kappa shape index (κ1) is 17.2. The van der Waals surface area contributed by atoms with Gasteiger partial charge in [0.1, 0.15) is 0 Å². The smallest absolute Gasteiger partial charge is 0.320 e. The Balaban J connectivity index is 0.00000289. The second kappa shape index (κ2) is 9.16. The summed E-state index contributed by atoms with van der Waals surface area (Å²) in [6.45, 7) is 4.32. The van der Waals surface area contributed by atoms with Gasteiger partial charge in [-0.2, -0.15) is 0 Å². The molecule has 0 radical (unpaired) electrons. The molecule has 5 nitrogen and oxygen atoms in total. The van der Waals surface area contributed by atoms with Crippen molar-refractivity contribution in [2.24, 2.45) is 5.92 Å². The van der Waals surface area contributed by atoms with Gasteiger partial charge in [0.15, 0.2) is 0 Å². The summed E-state index contributed by atoms with van der Waals surface area (Å²) >= 11 is 0. The van der Waals surface area contributed by atoms with Crippen molar-refractivity contribution in [3.8, 4) is 0 Å². The number of aliphatic carboxylic acids is 1. The van der Waals surface area contributed by atoms with Crippen molar-refractivity contribution < 1.29 is 19.4 Å². The van der Waals surface area contributed by atoms with Gasteiger partial charge in [-0.15, -0.1) is 12.4 Å². The fourth-order valence-electron chi connectivity index (χ4n) is 2.15. The first-order chi connectivity index (χ1) is 8.11. The SMILES string of the molecule is CCOC(=O)CN1CCC(CCC(=O)O)CC1.Cl. The minimum atomic E-state index is -0.723. The molecule has 0 saturated carbocycles. The van der Waals surface area contributed by atoms with E-state index >= 15 is 0 Å². The van der Waals surface area contributed by atoms with Gasteiger partial charge in [0.05, 0.1) is 13.2 Å². The largest absolute Gasteiger partial charge is 0.481 e. The van der Waals surface area contributed by atoms with E-state index in [1.807, 2.05) is 0 Å². The zero-order valence-electron chi connectivity index (χ0n) is 10.8. The van der Waals surface area contributed by atoms with Crippen LogP contribution in [0.5, 0.6) is 0 Å². The van der Waals surface area contributed by atoms with Crippen LogP contribution in [0.1, 0.15) is 32.6 Å². The molecule has 1 N–H and O–H groups in total. The highest BCUT2D eigenvalue weighted by Crippen LogP contribution is 2.21. The molecule has 0 aromatic carbocycles. The van der Waals surface area contributed by atoms with Gasteiger partial charge < -0.3 is 9.84 Å². The second-order valence-corrected chi connectivity index (χ2v) is 4.46. The topological polar surface area (TPSA) is 66.8 Å². The van der Waals surface area contributed by atoms with E-state index in [4.69, 9.17) is 9.84 Å². The van der Waals surface area contributed by atoms with Gasteiger partial charge in [0, 0.05) is 6.42 Å². The molecule has 0 aromatic heterocycles. The van der Waals surface area contributed by atoms with Crippen LogP contribution in [-0.2, 0) is 14.3 Å². The number of rotatable bonds is 6. The number of carboxylic acids is 1. The summed E-state index contributed by atoms with van der Waals surface area (Å²) in [5, 5.41) is 8.60. The number of likely N-dealkylation sites (tertiary alicyclic amines) is 1. The van der Waals surface area contributed by atoms with Crippen molar-refractivity contribution in [1.29, 1.82) is 0 Å². The summed E-state index contributed by atoms with van der Waals surface area (Å²) in [6.07, 6.45) is 2.96. The van der Waals surface area contributed by atoms with Crippen LogP contribution in [0.25, 0.3) is 0 Å². The van der Waals surface area contributed by atoms with Crippen LogP contribution in [0.2, 0.25) is 0 Å². The van der Waals surface area contributed by atoms with Crippen LogP contribution >= 0.6 is 12.4 Å². The van der Waals surface area contributed by atoms with E-state index in [9.17, 15) is 9.59 Å². The quantitative estimate of drug-likeness (QED) is 0.747. The van der Waals surface area contributed by atoms with Gasteiger partial charge in [-0.3, -0.25) is 14.5 Å². The number of halogens is 1. The minimum Gasteiger partial charge on any atom is -0.481 e. The molecule has 0 bridgehead atoms. The number of nitrogens with zero attached hydrogens (tertiary/aromatic N) is 1. The number of carboxylic acid groups (broad SMARTS) is 1. The van der Waals surface area contributed by atoms with Gasteiger partial charge in [-0.25, -0.2) is 0 Å². The van der Waals surface area contributed by atoms with Gasteiger partial charge in [-0.1, -0.05) is 0 Å². The summed E-state index contributed by atoms with van der Waals surface area (Å²) in [4.78, 5) is 23.8. The first-order valence-corrected chi connectivity index (χ1v) is 6.21. The van der Waals surface area contributed by atoms with Gasteiger partial charge in [-0.05, 0) is 45.2 Å². The van der Waals surface area contributed by atoms with E-state index < -0.39 is 5.97 Å². The van der Waals surface area contributed by atoms with Crippen molar-refractivity contribution in [2.45, 2.75) is 32.6 Å². The summed E-state index contributed by atoms with van der Waals surface area (Å²) in [7, 11) is 0. The molecular weight excluding hydrogens is 258 g/mol. The third-order valence-corrected chi connectivity index (χ3v) is 3.13. The molecule has 1 heterocycles. The highest BCUT2D eigenvalue weighted by Gasteiger charge is 2.21. The number of hydrogen-bond acceptors (Lipinski definition) is 4. The zero-order chi connectivity index (χ0) is 12.7. The number of carbonyl (C=O) groups excluding carboxylic acids is 1. The molecule has 106 valence electrons. The third kappa shape index (κ3) is 6.81. The lowest BCUT2D eigenvalue weighted by Crippen LogP contribution is -2.38. The molecular formula is C12H22ClNO4. The van der Waals surface area contributed by atoms with Crippen LogP contribution in [0.3, 0.4) is 0 Å². The van der Waals surface area contributed by atoms with Crippen molar-refractivity contribution in [1.82, 2.24) is 4.90 Å². The van der Waals surface area contributed by atoms with Crippen LogP contribution in [-0.4, -0.2) is 48.2 Å². The summed E-state index contributed by atoms with van der Waals surface area (Å²) in [5.74, 6) is -0.403. The molecule has 0 atom stereocenters. The molecule has 1 saturated heterocycles. The molecule has 1 aliphatic rings. The molecule has 0 unspecified atom stereocenters. The maximum absolute atomic E-state index is 11.3. The van der Waals surface area contributed by atoms with Gasteiger partial charge in [0.25, 0.3) is 0 Å². The molecule has 0 spiro atoms. The Morgan fingerprint density at radius 1 is 1.33 bits per heavy atom. The predicted molar refractivity (Wildman–Crippen MR) is 69.9 cm³/mol. The average Bonchev–Trinajstić information content (AvgIpc) is 2.28. The van der Waals surface area contributed by atoms with Gasteiger partial charge in [0.2, 0.25) is 0 Å². The Morgan fingerprint density at radius 3 is 2.44 bits per heavy atom. The van der Waals surface area contributed by atoms with E-state index in [2.05, 4.69) is 4.90 Å². The number of hydrogen-bond donors (Lipinski definition) is 1. The lowest BCUT2D eigenvalue weighted by atomic mass is 9.92. The maximum atomic E-state index is 11.3. The number of ether oxygens (including phenoxy) is 1. The molecule has 1 fully saturated rings. The summed E-state index contributed by atoms with van der Waals surface area (Å²) < 4.78 is 4.89. The Kier molecular flexibility index (Phi) is 8.75. The maximum Gasteiger partial charge on any atom is 0.320 e. The number of carbonyl (C=O) groups is 2. The van der Waals surface area contributed by atoms with E-state index in [0.717, 1.165) is 32.4 Å². The summed E-state index contributed by atoms with van der Waals surface area (Å²) in [5.41, 5.74) is 0. The Labute approximate surface area is 114 Å². The molecule has 0 aliphatic carbocycles. The molecule has 1 aliphatic heterocycles. The predicted octanol–water partition coefficient (Wildman–Crippen LogP) is 1.55. The van der Waals surface area contributed by atoms with E-state index in [1.165, 1.54) is 0 Å². The van der Waals surface area contributed by atoms with E-state index in [1.54, 1.807) is 6.92 Å². The van der Waals surface area contributed by atoms with Crippen molar-refractivity contribution in [3.05, 3.63) is 0 Å². The molecule has 6 heteroatoms. The minimum absolute atomic E-state index is 0. The van der Waals surface area contributed by atoms with E-state index in [-0.39, 0.29) is 24.8 Å². The first-order valence-electron chi connectivity index (χ1n) is 6.21. The molecule has 18 heavy (non-hydrogen) atoms. The van der Waals surface area contributed by atoms with Crippen LogP contribution in [0.4, 0.5) is 0 Å². The standard InChI is InChI=1S/C12H21NO4.ClH/c1-2-17-12(16)9-13-7-5-10(6-8-13)3-4-11(14)15;/h10H,2-9H2,1H3,(H,14,15);1H. The average molecular weight is 280 g/mol. The van der Waals surface area contributed by atoms with Crippen LogP contribution in [0, 0.1) is 5.92 Å². The van der Waals surface area contributed by atoms with Gasteiger partial charge >= 0.3 is 11.9 Å². The monoisotopic (exact) mass is 279 g/mol. The van der Waals surface area contributed by atoms with Crippen molar-refractivity contribution >= 4 is 24.3 Å². The number of piperidine rings is 1. The van der Waals surface area contributed by atoms with Crippen molar-refractivity contribution in [3.63, 3.8) is 0 Å². The highest BCUT2D eigenvalue weighted by atomic mass is 35.5. The fraction of sp³-hybridized carbons (Fsp3) is 0.833. The Bertz CT molecular complexity index is 265. The third-order valence-electron chi connectivity index (χ3n) is 3.13. The highest BCUT2D eigenvalue weighted by molar-refractivity contribution is 5.85. The Hall–Kier alpha value is -0.810. The summed E-state index contributed by atoms with van der Waals surface area (Å²) in [6, 6.07) is 0. The zero-order valence-corrected chi connectivity index (χ0v) is 11.6. The van der Waals surface area contributed by atoms with Crippen molar-refractivity contribution in [2.75, 3.05) is 26.2 Å². The van der Waals surface area contributed by atoms with Crippen LogP contribution < -0.4 is 0 Å². The molecule has 0 aromatic rings. The Morgan fingerprint density at radius 2 is 1.94 bits per heavy atom. The number of esters is 1. The molecule has 0 amide bonds.